The number of thiophene rings is 3. The molecule has 0 amide bonds. The number of fused-ring (bicyclic) bond motifs is 1. The Hall–Kier alpha value is -2.94. The Morgan fingerprint density at radius 3 is 1.69 bits per heavy atom. The molecule has 7 heteroatoms. The molecular formula is C42H48N2OS4. The molecule has 0 aliphatic heterocycles. The topological polar surface area (TPSA) is 64.7 Å². The fraction of sp³-hybridized carbons (Fsp3) is 0.452. The van der Waals surface area contributed by atoms with Gasteiger partial charge in [-0.3, -0.25) is 4.79 Å². The molecule has 4 aromatic rings. The molecule has 0 spiro atoms. The first-order valence-corrected chi connectivity index (χ1v) is 21.7. The van der Waals surface area contributed by atoms with Crippen LogP contribution in [0.1, 0.15) is 136 Å². The summed E-state index contributed by atoms with van der Waals surface area (Å²) in [6, 6.07) is 24.3. The molecule has 1 atom stereocenters. The maximum absolute atomic E-state index is 13.5. The summed E-state index contributed by atoms with van der Waals surface area (Å²) in [5.74, 6) is 0.527. The van der Waals surface area contributed by atoms with Crippen LogP contribution in [0.15, 0.2) is 70.4 Å². The number of nitrogens with zero attached hydrogens (tertiary/aromatic N) is 2. The molecule has 1 aromatic carbocycles. The number of hydrogen-bond donors (Lipinski definition) is 0. The number of allylic oxidation sites excluding steroid dienone is 2. The number of Topliss-reactive ketones (excluding diaryl/α,β-unsaturated/α-hetero) is 1. The molecule has 0 fully saturated rings. The van der Waals surface area contributed by atoms with Gasteiger partial charge in [0.25, 0.3) is 0 Å². The lowest BCUT2D eigenvalue weighted by Gasteiger charge is -2.09. The second-order valence-electron chi connectivity index (χ2n) is 13.0. The van der Waals surface area contributed by atoms with Gasteiger partial charge in [0, 0.05) is 35.5 Å². The van der Waals surface area contributed by atoms with Crippen LogP contribution in [0, 0.1) is 22.7 Å². The monoisotopic (exact) mass is 724 g/mol. The molecule has 0 radical (unpaired) electrons. The molecule has 49 heavy (non-hydrogen) atoms. The molecule has 256 valence electrons. The standard InChI is InChI=1S/C42H48N2OS4/c1-2-3-4-5-6-7-8-9-10-11-12-13-14-15-16-19-28-46-39-27-26-37(49-39)36-23-22-34(47-36)35-24-25-38(48-35)41-40(31(29-43)30-44)32-20-17-18-21-33(32)42(41)45/h17-18,20-27,41H,2-16,19,28H2,1H3. The third kappa shape index (κ3) is 10.3. The molecule has 1 unspecified atom stereocenters. The fourth-order valence-electron chi connectivity index (χ4n) is 6.67. The van der Waals surface area contributed by atoms with E-state index in [4.69, 9.17) is 0 Å². The third-order valence-corrected chi connectivity index (χ3v) is 14.4. The second-order valence-corrected chi connectivity index (χ2v) is 17.7. The van der Waals surface area contributed by atoms with E-state index < -0.39 is 5.92 Å². The maximum atomic E-state index is 13.5. The first-order chi connectivity index (χ1) is 24.1. The van der Waals surface area contributed by atoms with Gasteiger partial charge in [0.2, 0.25) is 0 Å². The van der Waals surface area contributed by atoms with Crippen molar-refractivity contribution in [1.82, 2.24) is 0 Å². The summed E-state index contributed by atoms with van der Waals surface area (Å²) >= 11 is 7.21. The van der Waals surface area contributed by atoms with Gasteiger partial charge in [-0.25, -0.2) is 0 Å². The van der Waals surface area contributed by atoms with Gasteiger partial charge in [0.1, 0.15) is 17.7 Å². The normalized spacial score (nSPS) is 13.8. The predicted octanol–water partition coefficient (Wildman–Crippen LogP) is 14.3. The predicted molar refractivity (Wildman–Crippen MR) is 213 cm³/mol. The molecule has 1 aliphatic carbocycles. The molecule has 0 N–H and O–H groups in total. The fourth-order valence-corrected chi connectivity index (χ4v) is 11.2. The van der Waals surface area contributed by atoms with Crippen LogP contribution in [0.5, 0.6) is 0 Å². The van der Waals surface area contributed by atoms with Crippen LogP contribution in [0.4, 0.5) is 0 Å². The van der Waals surface area contributed by atoms with E-state index in [0.29, 0.717) is 16.7 Å². The number of unbranched alkanes of at least 4 members (excludes halogenated alkanes) is 15. The van der Waals surface area contributed by atoms with Crippen molar-refractivity contribution < 1.29 is 4.79 Å². The van der Waals surface area contributed by atoms with Gasteiger partial charge >= 0.3 is 0 Å². The summed E-state index contributed by atoms with van der Waals surface area (Å²) in [5.41, 5.74) is 1.83. The number of ketones is 1. The summed E-state index contributed by atoms with van der Waals surface area (Å²) in [6.07, 6.45) is 22.5. The number of thioether (sulfide) groups is 1. The molecule has 3 aromatic heterocycles. The van der Waals surface area contributed by atoms with Crippen molar-refractivity contribution in [1.29, 1.82) is 10.5 Å². The van der Waals surface area contributed by atoms with Crippen LogP contribution >= 0.6 is 45.8 Å². The largest absolute Gasteiger partial charge is 0.293 e. The smallest absolute Gasteiger partial charge is 0.176 e. The molecular weight excluding hydrogens is 677 g/mol. The number of carbonyl (C=O) groups excluding carboxylic acids is 1. The van der Waals surface area contributed by atoms with Crippen LogP contribution in [-0.2, 0) is 0 Å². The average Bonchev–Trinajstić information content (AvgIpc) is 3.94. The number of nitriles is 2. The quantitative estimate of drug-likeness (QED) is 0.0487. The van der Waals surface area contributed by atoms with E-state index in [2.05, 4.69) is 37.3 Å². The van der Waals surface area contributed by atoms with Crippen molar-refractivity contribution in [2.45, 2.75) is 120 Å². The molecule has 1 aliphatic rings. The zero-order valence-corrected chi connectivity index (χ0v) is 32.1. The maximum Gasteiger partial charge on any atom is 0.176 e. The Kier molecular flexibility index (Phi) is 15.3. The number of carbonyl (C=O) groups is 1. The van der Waals surface area contributed by atoms with Crippen molar-refractivity contribution in [3.05, 3.63) is 82.2 Å². The highest BCUT2D eigenvalue weighted by molar-refractivity contribution is 8.01. The molecule has 3 heterocycles. The summed E-state index contributed by atoms with van der Waals surface area (Å²) in [6.45, 7) is 2.29. The number of rotatable bonds is 21. The highest BCUT2D eigenvalue weighted by Gasteiger charge is 2.39. The highest BCUT2D eigenvalue weighted by atomic mass is 32.2. The highest BCUT2D eigenvalue weighted by Crippen LogP contribution is 2.49. The van der Waals surface area contributed by atoms with E-state index in [9.17, 15) is 15.3 Å². The first kappa shape index (κ1) is 37.3. The van der Waals surface area contributed by atoms with Gasteiger partial charge in [-0.15, -0.1) is 45.8 Å². The van der Waals surface area contributed by atoms with E-state index in [0.717, 1.165) is 14.6 Å². The number of benzene rings is 1. The van der Waals surface area contributed by atoms with Crippen LogP contribution in [0.3, 0.4) is 0 Å². The summed E-state index contributed by atoms with van der Waals surface area (Å²) < 4.78 is 1.38. The minimum absolute atomic E-state index is 0.0119. The lowest BCUT2D eigenvalue weighted by Crippen LogP contribution is -2.05. The zero-order valence-electron chi connectivity index (χ0n) is 28.8. The summed E-state index contributed by atoms with van der Waals surface area (Å²) in [4.78, 5) is 19.1. The second kappa shape index (κ2) is 20.0. The van der Waals surface area contributed by atoms with Gasteiger partial charge in [-0.2, -0.15) is 10.5 Å². The minimum Gasteiger partial charge on any atom is -0.293 e. The third-order valence-electron chi connectivity index (χ3n) is 9.35. The van der Waals surface area contributed by atoms with Gasteiger partial charge in [0.15, 0.2) is 5.78 Å². The van der Waals surface area contributed by atoms with Crippen molar-refractivity contribution in [3.63, 3.8) is 0 Å². The van der Waals surface area contributed by atoms with Gasteiger partial charge < -0.3 is 0 Å². The SMILES string of the molecule is CCCCCCCCCCCCCCCCCCSc1ccc(-c2ccc(-c3ccc(C4C(=O)c5ccccc5C4=C(C#N)C#N)s3)s2)s1. The van der Waals surface area contributed by atoms with Crippen molar-refractivity contribution >= 4 is 57.1 Å². The molecule has 5 rings (SSSR count). The average molecular weight is 725 g/mol. The Morgan fingerprint density at radius 1 is 0.612 bits per heavy atom. The lowest BCUT2D eigenvalue weighted by atomic mass is 9.93. The van der Waals surface area contributed by atoms with Crippen LogP contribution in [0.25, 0.3) is 25.1 Å². The Morgan fingerprint density at radius 2 is 1.10 bits per heavy atom. The van der Waals surface area contributed by atoms with Crippen LogP contribution in [0.2, 0.25) is 0 Å². The van der Waals surface area contributed by atoms with Crippen LogP contribution < -0.4 is 0 Å². The molecule has 3 nitrogen and oxygen atoms in total. The summed E-state index contributed by atoms with van der Waals surface area (Å²) in [7, 11) is 0. The number of hydrogen-bond acceptors (Lipinski definition) is 7. The van der Waals surface area contributed by atoms with E-state index in [-0.39, 0.29) is 11.4 Å². The van der Waals surface area contributed by atoms with Gasteiger partial charge in [0.05, 0.1) is 10.1 Å². The van der Waals surface area contributed by atoms with Crippen molar-refractivity contribution in [2.75, 3.05) is 5.75 Å². The Bertz CT molecular complexity index is 1740. The van der Waals surface area contributed by atoms with Crippen LogP contribution in [-0.4, -0.2) is 11.5 Å². The van der Waals surface area contributed by atoms with E-state index in [1.54, 1.807) is 28.7 Å². The van der Waals surface area contributed by atoms with Gasteiger partial charge in [-0.1, -0.05) is 128 Å². The Labute approximate surface area is 310 Å². The molecule has 0 saturated carbocycles. The first-order valence-electron chi connectivity index (χ1n) is 18.3. The van der Waals surface area contributed by atoms with Crippen molar-refractivity contribution in [3.8, 4) is 31.6 Å². The molecule has 0 saturated heterocycles. The summed E-state index contributed by atoms with van der Waals surface area (Å²) in [5, 5.41) is 19.4. The van der Waals surface area contributed by atoms with Crippen molar-refractivity contribution in [2.24, 2.45) is 0 Å². The molecule has 0 bridgehead atoms. The lowest BCUT2D eigenvalue weighted by molar-refractivity contribution is 0.0987. The zero-order chi connectivity index (χ0) is 34.3. The van der Waals surface area contributed by atoms with E-state index >= 15 is 0 Å². The van der Waals surface area contributed by atoms with E-state index in [1.807, 2.05) is 59.5 Å². The minimum atomic E-state index is -0.615. The van der Waals surface area contributed by atoms with Gasteiger partial charge in [-0.05, 0) is 54.1 Å². The Balaban J connectivity index is 1.02. The van der Waals surface area contributed by atoms with E-state index in [1.165, 1.54) is 122 Å².